The summed E-state index contributed by atoms with van der Waals surface area (Å²) in [7, 11) is 0. The highest BCUT2D eigenvalue weighted by Crippen LogP contribution is 2.23. The van der Waals surface area contributed by atoms with Crippen LogP contribution < -0.4 is 24.0 Å². The lowest BCUT2D eigenvalue weighted by atomic mass is 10.3. The van der Waals surface area contributed by atoms with Crippen molar-refractivity contribution < 1.29 is 14.2 Å². The first-order valence-electron chi connectivity index (χ1n) is 10.5. The largest absolute Gasteiger partial charge is 0.844 e. The predicted molar refractivity (Wildman–Crippen MR) is 112 cm³/mol. The molecule has 2 aliphatic rings. The van der Waals surface area contributed by atoms with Gasteiger partial charge in [0.15, 0.2) is 5.02 Å². The molecular weight excluding hydrogens is 400 g/mol. The summed E-state index contributed by atoms with van der Waals surface area (Å²) in [4.78, 5) is 13.4. The molecule has 5 rings (SSSR count). The van der Waals surface area contributed by atoms with Gasteiger partial charge in [-0.2, -0.15) is 4.57 Å². The van der Waals surface area contributed by atoms with E-state index in [1.807, 2.05) is 49.1 Å². The number of aromatic nitrogens is 4. The standard InChI is InChI=1S/C22H24ClN6O/c23-19-20(28-13-5-17(6-14-28)26-9-1-2-10-26)24-22(25-21(19)30)29-15-7-18(8-16-29)27-11-3-4-12-27/h5-8,13-16H,1-4,9-12H2/q+1. The van der Waals surface area contributed by atoms with Crippen molar-refractivity contribution in [2.45, 2.75) is 25.7 Å². The lowest BCUT2D eigenvalue weighted by molar-refractivity contribution is -0.614. The van der Waals surface area contributed by atoms with Gasteiger partial charge in [-0.15, -0.1) is 0 Å². The minimum atomic E-state index is -0.482. The highest BCUT2D eigenvalue weighted by atomic mass is 35.5. The molecule has 2 aliphatic heterocycles. The van der Waals surface area contributed by atoms with Crippen LogP contribution in [0.25, 0.3) is 11.8 Å². The van der Waals surface area contributed by atoms with Crippen molar-refractivity contribution in [2.24, 2.45) is 0 Å². The lowest BCUT2D eigenvalue weighted by Gasteiger charge is -2.17. The second kappa shape index (κ2) is 8.07. The van der Waals surface area contributed by atoms with E-state index in [9.17, 15) is 5.11 Å². The van der Waals surface area contributed by atoms with Crippen LogP contribution in [0, 0.1) is 0 Å². The van der Waals surface area contributed by atoms with Crippen molar-refractivity contribution in [2.75, 3.05) is 36.0 Å². The van der Waals surface area contributed by atoms with Gasteiger partial charge < -0.3 is 14.9 Å². The molecule has 0 unspecified atom stereocenters. The first-order chi connectivity index (χ1) is 14.7. The van der Waals surface area contributed by atoms with E-state index < -0.39 is 5.88 Å². The number of pyridine rings is 2. The van der Waals surface area contributed by atoms with Crippen LogP contribution in [0.4, 0.5) is 11.4 Å². The zero-order valence-electron chi connectivity index (χ0n) is 16.7. The van der Waals surface area contributed by atoms with Gasteiger partial charge in [-0.3, -0.25) is 0 Å². The Morgan fingerprint density at radius 2 is 1.20 bits per heavy atom. The quantitative estimate of drug-likeness (QED) is 0.600. The molecule has 30 heavy (non-hydrogen) atoms. The number of anilines is 2. The van der Waals surface area contributed by atoms with Crippen molar-refractivity contribution in [1.82, 2.24) is 9.97 Å². The van der Waals surface area contributed by atoms with Crippen LogP contribution in [0.2, 0.25) is 5.02 Å². The number of hydrogen-bond acceptors (Lipinski definition) is 5. The Morgan fingerprint density at radius 3 is 1.70 bits per heavy atom. The monoisotopic (exact) mass is 423 g/mol. The van der Waals surface area contributed by atoms with E-state index in [2.05, 4.69) is 19.8 Å². The zero-order valence-corrected chi connectivity index (χ0v) is 17.5. The summed E-state index contributed by atoms with van der Waals surface area (Å²) in [6.45, 7) is 4.33. The summed E-state index contributed by atoms with van der Waals surface area (Å²) in [5.41, 5.74) is 2.34. The molecule has 0 radical (unpaired) electrons. The third-order valence-electron chi connectivity index (χ3n) is 5.83. The first kappa shape index (κ1) is 19.1. The summed E-state index contributed by atoms with van der Waals surface area (Å²) in [6.07, 6.45) is 12.5. The first-order valence-corrected chi connectivity index (χ1v) is 10.8. The van der Waals surface area contributed by atoms with E-state index in [4.69, 9.17) is 11.6 Å². The third kappa shape index (κ3) is 3.65. The molecule has 3 aromatic heterocycles. The molecule has 2 fully saturated rings. The highest BCUT2D eigenvalue weighted by Gasteiger charge is 2.24. The lowest BCUT2D eigenvalue weighted by Crippen LogP contribution is -2.38. The van der Waals surface area contributed by atoms with E-state index in [0.29, 0.717) is 11.8 Å². The highest BCUT2D eigenvalue weighted by molar-refractivity contribution is 6.33. The molecule has 0 aromatic carbocycles. The Hall–Kier alpha value is -2.93. The van der Waals surface area contributed by atoms with Gasteiger partial charge in [-0.1, -0.05) is 16.6 Å². The van der Waals surface area contributed by atoms with Gasteiger partial charge in [0.1, 0.15) is 5.88 Å². The molecule has 0 atom stereocenters. The molecule has 0 N–H and O–H groups in total. The molecule has 7 nitrogen and oxygen atoms in total. The van der Waals surface area contributed by atoms with E-state index in [1.165, 1.54) is 37.1 Å². The fourth-order valence-electron chi connectivity index (χ4n) is 4.17. The Labute approximate surface area is 180 Å². The normalized spacial score (nSPS) is 16.4. The molecule has 0 aliphatic carbocycles. The van der Waals surface area contributed by atoms with Crippen molar-refractivity contribution in [3.63, 3.8) is 0 Å². The van der Waals surface area contributed by atoms with E-state index in [1.54, 1.807) is 9.13 Å². The summed E-state index contributed by atoms with van der Waals surface area (Å²) < 4.78 is 3.52. The number of nitrogens with zero attached hydrogens (tertiary/aromatic N) is 6. The molecular formula is C22H24ClN6O+. The van der Waals surface area contributed by atoms with Gasteiger partial charge >= 0.3 is 11.8 Å². The molecule has 5 heterocycles. The second-order valence-corrected chi connectivity index (χ2v) is 8.16. The van der Waals surface area contributed by atoms with Gasteiger partial charge in [0.05, 0.1) is 24.8 Å². The van der Waals surface area contributed by atoms with Crippen LogP contribution >= 0.6 is 11.6 Å². The molecule has 0 bridgehead atoms. The number of rotatable bonds is 4. The molecule has 3 aromatic rings. The van der Waals surface area contributed by atoms with Crippen molar-refractivity contribution in [3.8, 4) is 17.6 Å². The van der Waals surface area contributed by atoms with Crippen LogP contribution in [0.5, 0.6) is 5.88 Å². The summed E-state index contributed by atoms with van der Waals surface area (Å²) >= 11 is 6.28. The Morgan fingerprint density at radius 1 is 0.733 bits per heavy atom. The van der Waals surface area contributed by atoms with E-state index >= 15 is 0 Å². The van der Waals surface area contributed by atoms with Crippen LogP contribution in [0.1, 0.15) is 25.7 Å². The number of hydrogen-bond donors (Lipinski definition) is 0. The molecule has 8 heteroatoms. The van der Waals surface area contributed by atoms with Gasteiger partial charge in [-0.25, -0.2) is 4.57 Å². The van der Waals surface area contributed by atoms with Crippen molar-refractivity contribution in [3.05, 3.63) is 54.1 Å². The van der Waals surface area contributed by atoms with Gasteiger partial charge in [0, 0.05) is 54.7 Å². The second-order valence-electron chi connectivity index (χ2n) is 7.78. The Kier molecular flexibility index (Phi) is 5.12. The van der Waals surface area contributed by atoms with Crippen LogP contribution in [0.3, 0.4) is 0 Å². The van der Waals surface area contributed by atoms with E-state index in [-0.39, 0.29) is 5.02 Å². The average Bonchev–Trinajstić information content (AvgIpc) is 3.50. The topological polar surface area (TPSA) is 63.1 Å². The summed E-state index contributed by atoms with van der Waals surface area (Å²) in [5.74, 6) is 0.211. The Balaban J connectivity index is 1.45. The molecule has 154 valence electrons. The molecule has 2 saturated heterocycles. The van der Waals surface area contributed by atoms with Crippen LogP contribution in [-0.4, -0.2) is 36.1 Å². The van der Waals surface area contributed by atoms with Crippen LogP contribution in [0.15, 0.2) is 49.1 Å². The fraction of sp³-hybridized carbons (Fsp3) is 0.364. The average molecular weight is 424 g/mol. The molecule has 0 amide bonds. The minimum absolute atomic E-state index is 0.0203. The zero-order chi connectivity index (χ0) is 20.5. The Bertz CT molecular complexity index is 1030. The minimum Gasteiger partial charge on any atom is -0.844 e. The number of halogens is 1. The van der Waals surface area contributed by atoms with Crippen LogP contribution in [-0.2, 0) is 0 Å². The van der Waals surface area contributed by atoms with E-state index in [0.717, 1.165) is 26.2 Å². The maximum Gasteiger partial charge on any atom is 0.476 e. The third-order valence-corrected chi connectivity index (χ3v) is 6.16. The summed E-state index contributed by atoms with van der Waals surface area (Å²) in [5, 5.41) is 12.5. The SMILES string of the molecule is [O-]c1nc(-[n+]2ccc(N3CCCC3)cc2)nc(-[n+]2ccc(N3CCCC3)cc2)c1Cl. The summed E-state index contributed by atoms with van der Waals surface area (Å²) in [6, 6.07) is 8.13. The van der Waals surface area contributed by atoms with Crippen molar-refractivity contribution in [1.29, 1.82) is 0 Å². The maximum atomic E-state index is 12.4. The van der Waals surface area contributed by atoms with Gasteiger partial charge in [0.25, 0.3) is 0 Å². The fourth-order valence-corrected chi connectivity index (χ4v) is 4.36. The maximum absolute atomic E-state index is 12.4. The smallest absolute Gasteiger partial charge is 0.476 e. The van der Waals surface area contributed by atoms with Gasteiger partial charge in [-0.05, 0) is 37.8 Å². The molecule has 0 spiro atoms. The van der Waals surface area contributed by atoms with Gasteiger partial charge in [0.2, 0.25) is 0 Å². The predicted octanol–water partition coefficient (Wildman–Crippen LogP) is 1.96. The molecule has 0 saturated carbocycles. The van der Waals surface area contributed by atoms with Crippen molar-refractivity contribution >= 4 is 23.0 Å².